The molecule has 0 aliphatic rings. The van der Waals surface area contributed by atoms with Crippen molar-refractivity contribution in [3.8, 4) is 11.1 Å². The van der Waals surface area contributed by atoms with E-state index in [2.05, 4.69) is 0 Å². The van der Waals surface area contributed by atoms with Gasteiger partial charge in [0.2, 0.25) is 0 Å². The van der Waals surface area contributed by atoms with Crippen molar-refractivity contribution in [2.24, 2.45) is 0 Å². The zero-order valence-corrected chi connectivity index (χ0v) is 11.2. The maximum absolute atomic E-state index is 8.44. The zero-order valence-electron chi connectivity index (χ0n) is 21.4. The van der Waals surface area contributed by atoms with Gasteiger partial charge in [0.05, 0.1) is 15.1 Å². The maximum Gasteiger partial charge on any atom is 0.0641 e. The van der Waals surface area contributed by atoms with E-state index >= 15 is 0 Å². The number of hydrogen-bond donors (Lipinski definition) is 0. The molecule has 0 unspecified atom stereocenters. The molecular formula is C19H14S. The molecule has 0 amide bonds. The monoisotopic (exact) mass is 285 g/mol. The third-order valence-corrected chi connectivity index (χ3v) is 4.06. The van der Waals surface area contributed by atoms with E-state index in [1.165, 1.54) is 6.92 Å². The second-order valence-electron chi connectivity index (χ2n) is 4.26. The molecule has 0 nitrogen and oxygen atoms in total. The quantitative estimate of drug-likeness (QED) is 0.400. The SMILES string of the molecule is [2H]c1c([2H])c([2H])c(-c2c([2H])c([2H])c([2H])c3c2sc2c([2H])c(C)c([2H])c([2H])c23)c([2H])c1[2H]. The Morgan fingerprint density at radius 3 is 2.55 bits per heavy atom. The van der Waals surface area contributed by atoms with Gasteiger partial charge >= 0.3 is 0 Å². The van der Waals surface area contributed by atoms with E-state index in [-0.39, 0.29) is 56.3 Å². The van der Waals surface area contributed by atoms with Crippen LogP contribution in [0.4, 0.5) is 0 Å². The van der Waals surface area contributed by atoms with Gasteiger partial charge in [0.25, 0.3) is 0 Å². The Bertz CT molecular complexity index is 1420. The second-order valence-corrected chi connectivity index (χ2v) is 5.28. The van der Waals surface area contributed by atoms with Gasteiger partial charge < -0.3 is 0 Å². The minimum absolute atomic E-state index is 0.0123. The lowest BCUT2D eigenvalue weighted by molar-refractivity contribution is 1.52. The van der Waals surface area contributed by atoms with Crippen molar-refractivity contribution in [3.05, 3.63) is 72.0 Å². The highest BCUT2D eigenvalue weighted by Gasteiger charge is 2.09. The fourth-order valence-electron chi connectivity index (χ4n) is 2.06. The molecule has 3 aromatic carbocycles. The van der Waals surface area contributed by atoms with Crippen molar-refractivity contribution >= 4 is 31.5 Å². The Morgan fingerprint density at radius 2 is 1.70 bits per heavy atom. The minimum atomic E-state index is -0.586. The summed E-state index contributed by atoms with van der Waals surface area (Å²) in [5, 5.41) is 0.211. The Kier molecular flexibility index (Phi) is 1.12. The summed E-state index contributed by atoms with van der Waals surface area (Å²) >= 11 is 0.967. The molecule has 0 aliphatic heterocycles. The molecule has 0 N–H and O–H groups in total. The molecule has 20 heavy (non-hydrogen) atoms. The maximum atomic E-state index is 8.44. The van der Waals surface area contributed by atoms with Gasteiger partial charge in [0, 0.05) is 20.2 Å². The number of fused-ring (bicyclic) bond motifs is 3. The standard InChI is InChI=1S/C19H14S/c1-13-10-11-16-17-9-5-8-15(14-6-3-2-4-7-14)19(17)20-18(16)12-13/h2-12H,1H3/i2D,3D,4D,5D,6D,7D,8D,9D,10D,11D,12D. The van der Waals surface area contributed by atoms with Gasteiger partial charge in [-0.3, -0.25) is 0 Å². The fourth-order valence-corrected chi connectivity index (χ4v) is 3.23. The molecule has 0 aliphatic carbocycles. The number of thiophene rings is 1. The Morgan fingerprint density at radius 1 is 0.850 bits per heavy atom. The van der Waals surface area contributed by atoms with E-state index in [1.807, 2.05) is 0 Å². The van der Waals surface area contributed by atoms with Crippen LogP contribution in [0.2, 0.25) is 0 Å². The molecule has 96 valence electrons. The molecule has 4 aromatic rings. The van der Waals surface area contributed by atoms with Crippen LogP contribution in [-0.4, -0.2) is 0 Å². The van der Waals surface area contributed by atoms with Crippen molar-refractivity contribution < 1.29 is 15.1 Å². The van der Waals surface area contributed by atoms with Gasteiger partial charge in [-0.2, -0.15) is 0 Å². The first-order chi connectivity index (χ1) is 14.4. The number of rotatable bonds is 1. The molecule has 1 aromatic heterocycles. The lowest BCUT2D eigenvalue weighted by atomic mass is 10.0. The third-order valence-electron chi connectivity index (χ3n) is 2.94. The van der Waals surface area contributed by atoms with Crippen LogP contribution in [0.25, 0.3) is 31.3 Å². The van der Waals surface area contributed by atoms with Crippen LogP contribution >= 0.6 is 11.3 Å². The lowest BCUT2D eigenvalue weighted by Gasteiger charge is -2.02. The van der Waals surface area contributed by atoms with Crippen LogP contribution in [0.5, 0.6) is 0 Å². The van der Waals surface area contributed by atoms with Crippen LogP contribution in [0.3, 0.4) is 0 Å². The first kappa shape index (κ1) is 5.01. The number of hydrogen-bond acceptors (Lipinski definition) is 1. The van der Waals surface area contributed by atoms with Gasteiger partial charge in [-0.25, -0.2) is 0 Å². The van der Waals surface area contributed by atoms with Gasteiger partial charge in [-0.1, -0.05) is 60.4 Å². The minimum Gasteiger partial charge on any atom is -0.135 e. The van der Waals surface area contributed by atoms with E-state index in [4.69, 9.17) is 15.1 Å². The molecule has 4 rings (SSSR count). The Hall–Kier alpha value is -2.12. The fraction of sp³-hybridized carbons (Fsp3) is 0.0526. The van der Waals surface area contributed by atoms with Crippen LogP contribution in [-0.2, 0) is 0 Å². The summed E-state index contributed by atoms with van der Waals surface area (Å²) < 4.78 is 90.8. The Labute approximate surface area is 137 Å². The van der Waals surface area contributed by atoms with Crippen LogP contribution in [0, 0.1) is 6.92 Å². The van der Waals surface area contributed by atoms with Crippen LogP contribution < -0.4 is 0 Å². The molecule has 1 heterocycles. The van der Waals surface area contributed by atoms with Crippen molar-refractivity contribution in [3.63, 3.8) is 0 Å². The molecule has 0 saturated heterocycles. The molecular weight excluding hydrogens is 260 g/mol. The molecule has 0 atom stereocenters. The molecule has 0 radical (unpaired) electrons. The van der Waals surface area contributed by atoms with Gasteiger partial charge in [-0.05, 0) is 29.7 Å². The summed E-state index contributed by atoms with van der Waals surface area (Å²) in [5.74, 6) is 0. The number of benzene rings is 3. The topological polar surface area (TPSA) is 0 Å². The van der Waals surface area contributed by atoms with Crippen LogP contribution in [0.15, 0.2) is 66.5 Å². The van der Waals surface area contributed by atoms with E-state index in [0.717, 1.165) is 11.3 Å². The highest BCUT2D eigenvalue weighted by Crippen LogP contribution is 2.39. The summed E-state index contributed by atoms with van der Waals surface area (Å²) in [6.07, 6.45) is 0. The lowest BCUT2D eigenvalue weighted by Crippen LogP contribution is -1.76. The highest BCUT2D eigenvalue weighted by atomic mass is 32.1. The first-order valence-corrected chi connectivity index (χ1v) is 6.72. The van der Waals surface area contributed by atoms with Crippen molar-refractivity contribution in [1.29, 1.82) is 0 Å². The zero-order chi connectivity index (χ0) is 23.1. The average Bonchev–Trinajstić information content (AvgIpc) is 3.14. The summed E-state index contributed by atoms with van der Waals surface area (Å²) in [6.45, 7) is 1.54. The predicted octanol–water partition coefficient (Wildman–Crippen LogP) is 6.03. The summed E-state index contributed by atoms with van der Waals surface area (Å²) in [6, 6.07) is -4.59. The van der Waals surface area contributed by atoms with Crippen molar-refractivity contribution in [2.45, 2.75) is 6.92 Å². The summed E-state index contributed by atoms with van der Waals surface area (Å²) in [7, 11) is 0. The normalized spacial score (nSPS) is 18.9. The summed E-state index contributed by atoms with van der Waals surface area (Å²) in [4.78, 5) is 0. The van der Waals surface area contributed by atoms with Crippen molar-refractivity contribution in [1.82, 2.24) is 0 Å². The smallest absolute Gasteiger partial charge is 0.0641 e. The van der Waals surface area contributed by atoms with E-state index in [9.17, 15) is 0 Å². The highest BCUT2D eigenvalue weighted by molar-refractivity contribution is 7.26. The molecule has 0 saturated carbocycles. The molecule has 0 bridgehead atoms. The van der Waals surface area contributed by atoms with E-state index in [1.54, 1.807) is 0 Å². The molecule has 0 spiro atoms. The predicted molar refractivity (Wildman–Crippen MR) is 89.5 cm³/mol. The largest absolute Gasteiger partial charge is 0.135 e. The van der Waals surface area contributed by atoms with Gasteiger partial charge in [-0.15, -0.1) is 11.3 Å². The second kappa shape index (κ2) is 4.46. The van der Waals surface area contributed by atoms with Crippen LogP contribution in [0.1, 0.15) is 20.6 Å². The van der Waals surface area contributed by atoms with Gasteiger partial charge in [0.15, 0.2) is 0 Å². The first-order valence-electron chi connectivity index (χ1n) is 11.4. The average molecular weight is 285 g/mol. The van der Waals surface area contributed by atoms with E-state index in [0.29, 0.717) is 4.70 Å². The molecule has 0 fully saturated rings. The van der Waals surface area contributed by atoms with Gasteiger partial charge in [0.1, 0.15) is 0 Å². The Balaban J connectivity index is 2.36. The summed E-state index contributed by atoms with van der Waals surface area (Å²) in [5.41, 5.74) is -0.0868. The molecule has 1 heteroatoms. The van der Waals surface area contributed by atoms with E-state index < -0.39 is 42.3 Å². The third kappa shape index (κ3) is 1.75. The van der Waals surface area contributed by atoms with Crippen molar-refractivity contribution in [2.75, 3.05) is 0 Å².